The van der Waals surface area contributed by atoms with Crippen molar-refractivity contribution in [1.29, 1.82) is 0 Å². The molecular weight excluding hydrogens is 304 g/mol. The number of para-hydroxylation sites is 1. The lowest BCUT2D eigenvalue weighted by Gasteiger charge is -2.19. The molecule has 0 fully saturated rings. The van der Waals surface area contributed by atoms with Crippen LogP contribution in [-0.2, 0) is 6.61 Å². The number of ether oxygens (including phenoxy) is 3. The number of nitrogens with zero attached hydrogens (tertiary/aromatic N) is 1. The Bertz CT molecular complexity index is 706. The van der Waals surface area contributed by atoms with E-state index in [4.69, 9.17) is 14.2 Å². The highest BCUT2D eigenvalue weighted by atomic mass is 16.5. The molecule has 2 aromatic carbocycles. The number of hydrogen-bond donors (Lipinski definition) is 1. The van der Waals surface area contributed by atoms with Crippen LogP contribution < -0.4 is 19.5 Å². The fourth-order valence-electron chi connectivity index (χ4n) is 2.70. The number of methoxy groups -OCH3 is 2. The van der Waals surface area contributed by atoms with Gasteiger partial charge in [-0.05, 0) is 18.6 Å². The molecule has 0 saturated carbocycles. The molecule has 0 atom stereocenters. The van der Waals surface area contributed by atoms with Crippen LogP contribution in [-0.4, -0.2) is 33.1 Å². The third-order valence-electron chi connectivity index (χ3n) is 3.92. The minimum Gasteiger partial charge on any atom is -0.493 e. The van der Waals surface area contributed by atoms with Crippen LogP contribution in [0.15, 0.2) is 47.5 Å². The minimum atomic E-state index is 0.410. The van der Waals surface area contributed by atoms with E-state index in [0.29, 0.717) is 23.9 Å². The SMILES string of the molecule is COc1cccc(OC)c1OCc1ccccc1C1=NCCCN1. The fourth-order valence-corrected chi connectivity index (χ4v) is 2.70. The number of rotatable bonds is 6. The topological polar surface area (TPSA) is 52.1 Å². The number of amidine groups is 1. The molecular formula is C19H22N2O3. The first-order chi connectivity index (χ1) is 11.8. The van der Waals surface area contributed by atoms with Gasteiger partial charge in [0.2, 0.25) is 5.75 Å². The predicted molar refractivity (Wildman–Crippen MR) is 94.3 cm³/mol. The molecule has 126 valence electrons. The summed E-state index contributed by atoms with van der Waals surface area (Å²) >= 11 is 0. The van der Waals surface area contributed by atoms with E-state index in [1.54, 1.807) is 14.2 Å². The smallest absolute Gasteiger partial charge is 0.203 e. The summed E-state index contributed by atoms with van der Waals surface area (Å²) < 4.78 is 16.8. The van der Waals surface area contributed by atoms with Gasteiger partial charge in [0.05, 0.1) is 14.2 Å². The monoisotopic (exact) mass is 326 g/mol. The summed E-state index contributed by atoms with van der Waals surface area (Å²) in [6.07, 6.45) is 1.07. The molecule has 0 saturated heterocycles. The van der Waals surface area contributed by atoms with Gasteiger partial charge >= 0.3 is 0 Å². The van der Waals surface area contributed by atoms with Gasteiger partial charge in [-0.15, -0.1) is 0 Å². The predicted octanol–water partition coefficient (Wildman–Crippen LogP) is 3.02. The first-order valence-corrected chi connectivity index (χ1v) is 8.04. The maximum atomic E-state index is 6.03. The Kier molecular flexibility index (Phi) is 5.21. The van der Waals surface area contributed by atoms with Crippen LogP contribution in [0.5, 0.6) is 17.2 Å². The van der Waals surface area contributed by atoms with Crippen LogP contribution in [0.1, 0.15) is 17.5 Å². The van der Waals surface area contributed by atoms with Crippen LogP contribution in [0.4, 0.5) is 0 Å². The molecule has 2 aromatic rings. The van der Waals surface area contributed by atoms with Crippen LogP contribution in [0.25, 0.3) is 0 Å². The van der Waals surface area contributed by atoms with E-state index in [0.717, 1.165) is 36.5 Å². The zero-order valence-corrected chi connectivity index (χ0v) is 14.0. The third-order valence-corrected chi connectivity index (χ3v) is 3.92. The van der Waals surface area contributed by atoms with Gasteiger partial charge in [-0.25, -0.2) is 0 Å². The molecule has 1 aliphatic heterocycles. The van der Waals surface area contributed by atoms with Crippen molar-refractivity contribution in [3.63, 3.8) is 0 Å². The van der Waals surface area contributed by atoms with Crippen molar-refractivity contribution < 1.29 is 14.2 Å². The fraction of sp³-hybridized carbons (Fsp3) is 0.316. The average Bonchev–Trinajstić information content (AvgIpc) is 2.67. The number of benzene rings is 2. The maximum absolute atomic E-state index is 6.03. The van der Waals surface area contributed by atoms with Crippen LogP contribution in [0.2, 0.25) is 0 Å². The van der Waals surface area contributed by atoms with E-state index in [1.165, 1.54) is 0 Å². The Morgan fingerprint density at radius 2 is 1.75 bits per heavy atom. The molecule has 5 heteroatoms. The average molecular weight is 326 g/mol. The molecule has 24 heavy (non-hydrogen) atoms. The molecule has 0 aliphatic carbocycles. The summed E-state index contributed by atoms with van der Waals surface area (Å²) in [4.78, 5) is 4.58. The van der Waals surface area contributed by atoms with Gasteiger partial charge in [-0.2, -0.15) is 0 Å². The Hall–Kier alpha value is -2.69. The zero-order chi connectivity index (χ0) is 16.8. The van der Waals surface area contributed by atoms with E-state index in [-0.39, 0.29) is 0 Å². The summed E-state index contributed by atoms with van der Waals surface area (Å²) in [5, 5.41) is 3.36. The third kappa shape index (κ3) is 3.45. The molecule has 5 nitrogen and oxygen atoms in total. The summed E-state index contributed by atoms with van der Waals surface area (Å²) in [7, 11) is 3.24. The molecule has 1 N–H and O–H groups in total. The largest absolute Gasteiger partial charge is 0.493 e. The first-order valence-electron chi connectivity index (χ1n) is 8.04. The van der Waals surface area contributed by atoms with Gasteiger partial charge in [0, 0.05) is 24.2 Å². The molecule has 1 heterocycles. The Labute approximate surface area is 142 Å². The highest BCUT2D eigenvalue weighted by Crippen LogP contribution is 2.37. The lowest BCUT2D eigenvalue weighted by Crippen LogP contribution is -2.31. The first kappa shape index (κ1) is 16.2. The summed E-state index contributed by atoms with van der Waals surface area (Å²) in [5.41, 5.74) is 2.14. The summed E-state index contributed by atoms with van der Waals surface area (Å²) in [6.45, 7) is 2.22. The van der Waals surface area contributed by atoms with Crippen molar-refractivity contribution in [3.8, 4) is 17.2 Å². The van der Waals surface area contributed by atoms with Crippen molar-refractivity contribution in [1.82, 2.24) is 5.32 Å². The minimum absolute atomic E-state index is 0.410. The highest BCUT2D eigenvalue weighted by molar-refractivity contribution is 6.00. The molecule has 0 bridgehead atoms. The van der Waals surface area contributed by atoms with Crippen molar-refractivity contribution in [2.45, 2.75) is 13.0 Å². The molecule has 0 aromatic heterocycles. The van der Waals surface area contributed by atoms with Gasteiger partial charge in [0.1, 0.15) is 12.4 Å². The van der Waals surface area contributed by atoms with E-state index >= 15 is 0 Å². The van der Waals surface area contributed by atoms with Crippen molar-refractivity contribution >= 4 is 5.84 Å². The maximum Gasteiger partial charge on any atom is 0.203 e. The second-order valence-corrected chi connectivity index (χ2v) is 5.45. The Morgan fingerprint density at radius 3 is 2.42 bits per heavy atom. The van der Waals surface area contributed by atoms with E-state index < -0.39 is 0 Å². The van der Waals surface area contributed by atoms with Gasteiger partial charge in [0.15, 0.2) is 11.5 Å². The number of aliphatic imine (C=N–C) groups is 1. The molecule has 3 rings (SSSR count). The van der Waals surface area contributed by atoms with Crippen molar-refractivity contribution in [2.75, 3.05) is 27.3 Å². The summed E-state index contributed by atoms with van der Waals surface area (Å²) in [5.74, 6) is 2.85. The lowest BCUT2D eigenvalue weighted by atomic mass is 10.1. The normalized spacial score (nSPS) is 13.7. The van der Waals surface area contributed by atoms with Gasteiger partial charge in [0.25, 0.3) is 0 Å². The molecule has 0 unspecified atom stereocenters. The van der Waals surface area contributed by atoms with Crippen molar-refractivity contribution in [3.05, 3.63) is 53.6 Å². The summed E-state index contributed by atoms with van der Waals surface area (Å²) in [6, 6.07) is 13.7. The van der Waals surface area contributed by atoms with Gasteiger partial charge in [-0.3, -0.25) is 4.99 Å². The zero-order valence-electron chi connectivity index (χ0n) is 14.0. The second kappa shape index (κ2) is 7.73. The van der Waals surface area contributed by atoms with E-state index in [1.807, 2.05) is 30.3 Å². The van der Waals surface area contributed by atoms with Crippen LogP contribution in [0.3, 0.4) is 0 Å². The lowest BCUT2D eigenvalue weighted by molar-refractivity contribution is 0.265. The molecule has 0 spiro atoms. The molecule has 0 radical (unpaired) electrons. The van der Waals surface area contributed by atoms with Gasteiger partial charge < -0.3 is 19.5 Å². The molecule has 1 aliphatic rings. The highest BCUT2D eigenvalue weighted by Gasteiger charge is 2.15. The number of nitrogens with one attached hydrogen (secondary N) is 1. The molecule has 0 amide bonds. The van der Waals surface area contributed by atoms with Gasteiger partial charge in [-0.1, -0.05) is 30.3 Å². The second-order valence-electron chi connectivity index (χ2n) is 5.45. The van der Waals surface area contributed by atoms with Crippen LogP contribution in [0, 0.1) is 0 Å². The Morgan fingerprint density at radius 1 is 1.00 bits per heavy atom. The van der Waals surface area contributed by atoms with Crippen molar-refractivity contribution in [2.24, 2.45) is 4.99 Å². The van der Waals surface area contributed by atoms with Crippen LogP contribution >= 0.6 is 0 Å². The number of hydrogen-bond acceptors (Lipinski definition) is 5. The Balaban J connectivity index is 1.84. The standard InChI is InChI=1S/C19H22N2O3/c1-22-16-9-5-10-17(23-2)18(16)24-13-14-7-3-4-8-15(14)19-20-11-6-12-21-19/h3-5,7-10H,6,11-13H2,1-2H3,(H,20,21). The van der Waals surface area contributed by atoms with E-state index in [2.05, 4.69) is 22.4 Å². The van der Waals surface area contributed by atoms with E-state index in [9.17, 15) is 0 Å². The quantitative estimate of drug-likeness (QED) is 0.886.